The van der Waals surface area contributed by atoms with Crippen molar-refractivity contribution in [3.8, 4) is 18.1 Å². The maximum absolute atomic E-state index is 11.2. The molecule has 0 aromatic heterocycles. The third-order valence-corrected chi connectivity index (χ3v) is 1.89. The number of carbonyl (C=O) groups excluding carboxylic acids is 1. The molecule has 84 valence electrons. The van der Waals surface area contributed by atoms with Gasteiger partial charge in [-0.2, -0.15) is 0 Å². The molecule has 3 N–H and O–H groups in total. The summed E-state index contributed by atoms with van der Waals surface area (Å²) < 4.78 is 5.27. The van der Waals surface area contributed by atoms with Crippen LogP contribution in [0.3, 0.4) is 0 Å². The Morgan fingerprint density at radius 1 is 1.56 bits per heavy atom. The van der Waals surface area contributed by atoms with E-state index in [1.54, 1.807) is 12.1 Å². The Kier molecular flexibility index (Phi) is 4.90. The maximum Gasteiger partial charge on any atom is 0.258 e. The van der Waals surface area contributed by atoms with Crippen molar-refractivity contribution in [1.29, 1.82) is 0 Å². The molecule has 0 aliphatic rings. The quantitative estimate of drug-likeness (QED) is 0.697. The van der Waals surface area contributed by atoms with Gasteiger partial charge < -0.3 is 15.8 Å². The van der Waals surface area contributed by atoms with E-state index < -0.39 is 0 Å². The van der Waals surface area contributed by atoms with Crippen LogP contribution in [0.1, 0.15) is 5.56 Å². The number of ether oxygens (including phenoxy) is 1. The zero-order valence-corrected chi connectivity index (χ0v) is 8.90. The average Bonchev–Trinajstić information content (AvgIpc) is 2.34. The highest BCUT2D eigenvalue weighted by atomic mass is 16.5. The molecule has 0 spiro atoms. The van der Waals surface area contributed by atoms with Gasteiger partial charge in [-0.25, -0.2) is 0 Å². The maximum atomic E-state index is 11.2. The summed E-state index contributed by atoms with van der Waals surface area (Å²) >= 11 is 0. The minimum Gasteiger partial charge on any atom is -0.484 e. The first-order valence-corrected chi connectivity index (χ1v) is 4.88. The van der Waals surface area contributed by atoms with Crippen LogP contribution in [0.25, 0.3) is 0 Å². The highest BCUT2D eigenvalue weighted by Crippen LogP contribution is 2.12. The van der Waals surface area contributed by atoms with E-state index in [0.29, 0.717) is 12.3 Å². The van der Waals surface area contributed by atoms with E-state index in [4.69, 9.17) is 16.9 Å². The Hall–Kier alpha value is -1.99. The Morgan fingerprint density at radius 2 is 2.38 bits per heavy atom. The highest BCUT2D eigenvalue weighted by Gasteiger charge is 2.01. The Bertz CT molecular complexity index is 396. The number of carbonyl (C=O) groups is 1. The highest BCUT2D eigenvalue weighted by molar-refractivity contribution is 5.77. The molecular formula is C12H14N2O2. The van der Waals surface area contributed by atoms with Gasteiger partial charge in [-0.1, -0.05) is 18.1 Å². The lowest BCUT2D eigenvalue weighted by atomic mass is 10.2. The standard InChI is InChI=1S/C12H14N2O2/c1-2-6-14-12(15)9-16-11-5-3-4-10(7-11)8-13/h1,3-5,7H,6,8-9,13H2,(H,14,15). The summed E-state index contributed by atoms with van der Waals surface area (Å²) in [4.78, 5) is 11.2. The van der Waals surface area contributed by atoms with Crippen LogP contribution in [0.5, 0.6) is 5.75 Å². The van der Waals surface area contributed by atoms with Crippen LogP contribution in [0.15, 0.2) is 24.3 Å². The summed E-state index contributed by atoms with van der Waals surface area (Å²) in [5, 5.41) is 2.51. The molecule has 0 bridgehead atoms. The van der Waals surface area contributed by atoms with E-state index in [0.717, 1.165) is 5.56 Å². The number of terminal acetylenes is 1. The molecule has 1 aromatic rings. The van der Waals surface area contributed by atoms with E-state index in [1.807, 2.05) is 12.1 Å². The molecule has 16 heavy (non-hydrogen) atoms. The van der Waals surface area contributed by atoms with Crippen LogP contribution in [-0.2, 0) is 11.3 Å². The SMILES string of the molecule is C#CCNC(=O)COc1cccc(CN)c1. The summed E-state index contributed by atoms with van der Waals surface area (Å²) in [6, 6.07) is 7.30. The molecule has 0 unspecified atom stereocenters. The van der Waals surface area contributed by atoms with Crippen LogP contribution >= 0.6 is 0 Å². The molecule has 1 aromatic carbocycles. The number of amides is 1. The molecule has 1 rings (SSSR count). The molecule has 0 aliphatic heterocycles. The number of hydrogen-bond acceptors (Lipinski definition) is 3. The molecule has 1 amide bonds. The largest absolute Gasteiger partial charge is 0.484 e. The van der Waals surface area contributed by atoms with Crippen molar-refractivity contribution < 1.29 is 9.53 Å². The molecule has 0 atom stereocenters. The molecule has 0 heterocycles. The van der Waals surface area contributed by atoms with E-state index in [-0.39, 0.29) is 19.1 Å². The van der Waals surface area contributed by atoms with Gasteiger partial charge in [0.05, 0.1) is 6.54 Å². The van der Waals surface area contributed by atoms with Crippen LogP contribution in [0.4, 0.5) is 0 Å². The first kappa shape index (κ1) is 12.1. The molecule has 0 saturated heterocycles. The van der Waals surface area contributed by atoms with Crippen molar-refractivity contribution in [3.63, 3.8) is 0 Å². The third kappa shape index (κ3) is 4.03. The second-order valence-corrected chi connectivity index (χ2v) is 3.12. The number of benzene rings is 1. The van der Waals surface area contributed by atoms with Gasteiger partial charge in [-0.15, -0.1) is 6.42 Å². The lowest BCUT2D eigenvalue weighted by Gasteiger charge is -2.06. The van der Waals surface area contributed by atoms with Gasteiger partial charge in [0.2, 0.25) is 0 Å². The van der Waals surface area contributed by atoms with Crippen molar-refractivity contribution >= 4 is 5.91 Å². The van der Waals surface area contributed by atoms with Gasteiger partial charge in [0.1, 0.15) is 5.75 Å². The minimum atomic E-state index is -0.240. The molecule has 0 saturated carbocycles. The summed E-state index contributed by atoms with van der Waals surface area (Å²) in [5.74, 6) is 2.70. The van der Waals surface area contributed by atoms with E-state index in [9.17, 15) is 4.79 Å². The van der Waals surface area contributed by atoms with Gasteiger partial charge in [-0.3, -0.25) is 4.79 Å². The first-order chi connectivity index (χ1) is 7.76. The van der Waals surface area contributed by atoms with E-state index in [1.165, 1.54) is 0 Å². The summed E-state index contributed by atoms with van der Waals surface area (Å²) in [5.41, 5.74) is 6.44. The van der Waals surface area contributed by atoms with Gasteiger partial charge in [0, 0.05) is 6.54 Å². The van der Waals surface area contributed by atoms with Gasteiger partial charge in [-0.05, 0) is 17.7 Å². The van der Waals surface area contributed by atoms with Gasteiger partial charge in [0.25, 0.3) is 5.91 Å². The zero-order valence-electron chi connectivity index (χ0n) is 8.90. The molecule has 0 aliphatic carbocycles. The third-order valence-electron chi connectivity index (χ3n) is 1.89. The topological polar surface area (TPSA) is 64.3 Å². The smallest absolute Gasteiger partial charge is 0.258 e. The first-order valence-electron chi connectivity index (χ1n) is 4.88. The lowest BCUT2D eigenvalue weighted by molar-refractivity contribution is -0.122. The van der Waals surface area contributed by atoms with Crippen LogP contribution < -0.4 is 15.8 Å². The fraction of sp³-hybridized carbons (Fsp3) is 0.250. The van der Waals surface area contributed by atoms with Crippen LogP contribution in [0, 0.1) is 12.3 Å². The summed E-state index contributed by atoms with van der Waals surface area (Å²) in [6.45, 7) is 0.612. The predicted octanol–water partition coefficient (Wildman–Crippen LogP) is 0.273. The molecule has 0 fully saturated rings. The van der Waals surface area contributed by atoms with E-state index >= 15 is 0 Å². The monoisotopic (exact) mass is 218 g/mol. The predicted molar refractivity (Wildman–Crippen MR) is 61.7 cm³/mol. The van der Waals surface area contributed by atoms with Crippen LogP contribution in [0.2, 0.25) is 0 Å². The van der Waals surface area contributed by atoms with Crippen LogP contribution in [-0.4, -0.2) is 19.1 Å². The fourth-order valence-electron chi connectivity index (χ4n) is 1.11. The minimum absolute atomic E-state index is 0.0459. The lowest BCUT2D eigenvalue weighted by Crippen LogP contribution is -2.29. The summed E-state index contributed by atoms with van der Waals surface area (Å²) in [6.07, 6.45) is 5.00. The van der Waals surface area contributed by atoms with Gasteiger partial charge >= 0.3 is 0 Å². The van der Waals surface area contributed by atoms with Crippen molar-refractivity contribution in [2.45, 2.75) is 6.54 Å². The Balaban J connectivity index is 2.42. The molecule has 0 radical (unpaired) electrons. The second-order valence-electron chi connectivity index (χ2n) is 3.12. The summed E-state index contributed by atoms with van der Waals surface area (Å²) in [7, 11) is 0. The fourth-order valence-corrected chi connectivity index (χ4v) is 1.11. The molecule has 4 heteroatoms. The number of nitrogens with one attached hydrogen (secondary N) is 1. The molecular weight excluding hydrogens is 204 g/mol. The Morgan fingerprint density at radius 3 is 3.06 bits per heavy atom. The van der Waals surface area contributed by atoms with Crippen molar-refractivity contribution in [3.05, 3.63) is 29.8 Å². The zero-order chi connectivity index (χ0) is 11.8. The number of nitrogens with two attached hydrogens (primary N) is 1. The average molecular weight is 218 g/mol. The normalized spacial score (nSPS) is 9.25. The van der Waals surface area contributed by atoms with Crippen molar-refractivity contribution in [2.24, 2.45) is 5.73 Å². The van der Waals surface area contributed by atoms with Gasteiger partial charge in [0.15, 0.2) is 6.61 Å². The van der Waals surface area contributed by atoms with Crippen molar-refractivity contribution in [2.75, 3.05) is 13.2 Å². The van der Waals surface area contributed by atoms with Crippen molar-refractivity contribution in [1.82, 2.24) is 5.32 Å². The number of rotatable bonds is 5. The van der Waals surface area contributed by atoms with E-state index in [2.05, 4.69) is 11.2 Å². The number of hydrogen-bond donors (Lipinski definition) is 2. The second kappa shape index (κ2) is 6.49. The Labute approximate surface area is 94.8 Å². The molecule has 4 nitrogen and oxygen atoms in total.